The molecule has 1 N–H and O–H groups in total. The van der Waals surface area contributed by atoms with Crippen LogP contribution >= 0.6 is 0 Å². The first-order chi connectivity index (χ1) is 14.3. The lowest BCUT2D eigenvalue weighted by molar-refractivity contribution is 0.0781. The summed E-state index contributed by atoms with van der Waals surface area (Å²) < 4.78 is 28.8. The van der Waals surface area contributed by atoms with Crippen LogP contribution in [0.4, 0.5) is 5.69 Å². The van der Waals surface area contributed by atoms with E-state index in [1.165, 1.54) is 12.8 Å². The second kappa shape index (κ2) is 8.40. The van der Waals surface area contributed by atoms with Crippen molar-refractivity contribution in [2.75, 3.05) is 30.9 Å². The Morgan fingerprint density at radius 3 is 2.53 bits per heavy atom. The summed E-state index contributed by atoms with van der Waals surface area (Å²) in [6, 6.07) is 12.6. The van der Waals surface area contributed by atoms with Crippen LogP contribution in [0.1, 0.15) is 40.7 Å². The van der Waals surface area contributed by atoms with E-state index >= 15 is 0 Å². The van der Waals surface area contributed by atoms with Gasteiger partial charge in [0, 0.05) is 19.1 Å². The lowest BCUT2D eigenvalue weighted by atomic mass is 10.1. The number of anilines is 1. The Hall–Kier alpha value is -2.38. The highest BCUT2D eigenvalue weighted by Crippen LogP contribution is 2.26. The number of aryl methyl sites for hydroxylation is 2. The number of benzene rings is 2. The molecule has 0 aromatic heterocycles. The Balaban J connectivity index is 1.55. The maximum Gasteiger partial charge on any atom is 0.262 e. The van der Waals surface area contributed by atoms with Gasteiger partial charge in [0.05, 0.1) is 16.1 Å². The molecule has 1 amide bonds. The van der Waals surface area contributed by atoms with Crippen LogP contribution in [-0.2, 0) is 10.0 Å². The summed E-state index contributed by atoms with van der Waals surface area (Å²) in [4.78, 5) is 17.8. The molecular weight excluding hydrogens is 398 g/mol. The van der Waals surface area contributed by atoms with Crippen molar-refractivity contribution < 1.29 is 13.2 Å². The standard InChI is InChI=1S/C23H29N3O3S/c1-17-9-10-18(2)22(15-17)30(28,29)24-21-8-4-3-7-20(21)23(27)26-14-11-19(16-26)25-12-5-6-13-25/h3-4,7-10,15,19,24H,5-6,11-14,16H2,1-2H3. The van der Waals surface area contributed by atoms with Crippen LogP contribution in [0, 0.1) is 13.8 Å². The number of hydrogen-bond acceptors (Lipinski definition) is 4. The molecule has 0 radical (unpaired) electrons. The Kier molecular flexibility index (Phi) is 5.84. The fourth-order valence-electron chi connectivity index (χ4n) is 4.46. The molecule has 30 heavy (non-hydrogen) atoms. The molecule has 2 aromatic rings. The third-order valence-corrected chi connectivity index (χ3v) is 7.65. The summed E-state index contributed by atoms with van der Waals surface area (Å²) in [6.45, 7) is 7.26. The van der Waals surface area contributed by atoms with Crippen molar-refractivity contribution in [1.29, 1.82) is 0 Å². The Labute approximate surface area is 178 Å². The second-order valence-electron chi connectivity index (χ2n) is 8.36. The van der Waals surface area contributed by atoms with Gasteiger partial charge in [-0.15, -0.1) is 0 Å². The molecule has 0 bridgehead atoms. The fraction of sp³-hybridized carbons (Fsp3) is 0.435. The van der Waals surface area contributed by atoms with Gasteiger partial charge in [0.2, 0.25) is 0 Å². The molecule has 2 fully saturated rings. The van der Waals surface area contributed by atoms with E-state index in [1.807, 2.05) is 17.9 Å². The molecule has 0 saturated carbocycles. The highest BCUT2D eigenvalue weighted by atomic mass is 32.2. The summed E-state index contributed by atoms with van der Waals surface area (Å²) in [5.74, 6) is -0.115. The monoisotopic (exact) mass is 427 g/mol. The van der Waals surface area contributed by atoms with Crippen molar-refractivity contribution in [3.63, 3.8) is 0 Å². The summed E-state index contributed by atoms with van der Waals surface area (Å²) in [7, 11) is -3.80. The minimum Gasteiger partial charge on any atom is -0.337 e. The number of carbonyl (C=O) groups is 1. The number of para-hydroxylation sites is 1. The number of amides is 1. The minimum atomic E-state index is -3.80. The molecule has 1 unspecified atom stereocenters. The maximum absolute atomic E-state index is 13.2. The van der Waals surface area contributed by atoms with Crippen molar-refractivity contribution >= 4 is 21.6 Å². The Morgan fingerprint density at radius 1 is 1.03 bits per heavy atom. The van der Waals surface area contributed by atoms with Gasteiger partial charge in [-0.25, -0.2) is 8.42 Å². The summed E-state index contributed by atoms with van der Waals surface area (Å²) in [5, 5.41) is 0. The topological polar surface area (TPSA) is 69.7 Å². The molecule has 6 nitrogen and oxygen atoms in total. The van der Waals surface area contributed by atoms with E-state index < -0.39 is 10.0 Å². The van der Waals surface area contributed by atoms with Crippen molar-refractivity contribution in [3.8, 4) is 0 Å². The largest absolute Gasteiger partial charge is 0.337 e. The van der Waals surface area contributed by atoms with Gasteiger partial charge in [-0.1, -0.05) is 24.3 Å². The molecule has 1 atom stereocenters. The van der Waals surface area contributed by atoms with E-state index in [4.69, 9.17) is 0 Å². The van der Waals surface area contributed by atoms with Gasteiger partial charge < -0.3 is 4.90 Å². The molecule has 2 saturated heterocycles. The van der Waals surface area contributed by atoms with Gasteiger partial charge >= 0.3 is 0 Å². The van der Waals surface area contributed by atoms with E-state index in [0.717, 1.165) is 25.1 Å². The minimum absolute atomic E-state index is 0.115. The second-order valence-corrected chi connectivity index (χ2v) is 10.0. The molecule has 4 rings (SSSR count). The third kappa shape index (κ3) is 4.23. The van der Waals surface area contributed by atoms with E-state index in [1.54, 1.807) is 43.3 Å². The predicted molar refractivity (Wildman–Crippen MR) is 118 cm³/mol. The van der Waals surface area contributed by atoms with Crippen molar-refractivity contribution in [2.45, 2.75) is 44.0 Å². The molecule has 2 aliphatic heterocycles. The zero-order chi connectivity index (χ0) is 21.3. The van der Waals surface area contributed by atoms with Crippen LogP contribution in [0.5, 0.6) is 0 Å². The molecule has 7 heteroatoms. The lowest BCUT2D eigenvalue weighted by Crippen LogP contribution is -2.37. The zero-order valence-electron chi connectivity index (χ0n) is 17.6. The van der Waals surface area contributed by atoms with E-state index in [9.17, 15) is 13.2 Å². The van der Waals surface area contributed by atoms with Gasteiger partial charge in [0.1, 0.15) is 0 Å². The number of carbonyl (C=O) groups excluding carboxylic acids is 1. The molecule has 160 valence electrons. The number of likely N-dealkylation sites (tertiary alicyclic amines) is 2. The van der Waals surface area contributed by atoms with Crippen LogP contribution < -0.4 is 4.72 Å². The summed E-state index contributed by atoms with van der Waals surface area (Å²) >= 11 is 0. The zero-order valence-corrected chi connectivity index (χ0v) is 18.4. The summed E-state index contributed by atoms with van der Waals surface area (Å²) in [5.41, 5.74) is 2.27. The van der Waals surface area contributed by atoms with Gasteiger partial charge in [0.15, 0.2) is 0 Å². The average Bonchev–Trinajstić information content (AvgIpc) is 3.41. The van der Waals surface area contributed by atoms with Crippen LogP contribution in [-0.4, -0.2) is 56.3 Å². The van der Waals surface area contributed by atoms with Crippen molar-refractivity contribution in [3.05, 3.63) is 59.2 Å². The third-order valence-electron chi connectivity index (χ3n) is 6.14. The summed E-state index contributed by atoms with van der Waals surface area (Å²) in [6.07, 6.45) is 3.43. The number of rotatable bonds is 5. The highest BCUT2D eigenvalue weighted by Gasteiger charge is 2.33. The van der Waals surface area contributed by atoms with Crippen molar-refractivity contribution in [1.82, 2.24) is 9.80 Å². The van der Waals surface area contributed by atoms with Gasteiger partial charge in [-0.05, 0) is 75.5 Å². The van der Waals surface area contributed by atoms with E-state index in [-0.39, 0.29) is 10.8 Å². The van der Waals surface area contributed by atoms with Crippen LogP contribution in [0.15, 0.2) is 47.4 Å². The van der Waals surface area contributed by atoms with E-state index in [2.05, 4.69) is 9.62 Å². The Bertz CT molecular complexity index is 1050. The molecule has 2 heterocycles. The number of sulfonamides is 1. The normalized spacial score (nSPS) is 19.9. The first-order valence-corrected chi connectivity index (χ1v) is 12.1. The Morgan fingerprint density at radius 2 is 1.77 bits per heavy atom. The quantitative estimate of drug-likeness (QED) is 0.794. The van der Waals surface area contributed by atoms with Gasteiger partial charge in [-0.2, -0.15) is 0 Å². The SMILES string of the molecule is Cc1ccc(C)c(S(=O)(=O)Nc2ccccc2C(=O)N2CCC(N3CCCC3)C2)c1. The number of nitrogens with zero attached hydrogens (tertiary/aromatic N) is 2. The molecule has 2 aliphatic rings. The highest BCUT2D eigenvalue weighted by molar-refractivity contribution is 7.92. The smallest absolute Gasteiger partial charge is 0.262 e. The maximum atomic E-state index is 13.2. The van der Waals surface area contributed by atoms with Crippen molar-refractivity contribution in [2.24, 2.45) is 0 Å². The molecule has 2 aromatic carbocycles. The van der Waals surface area contributed by atoms with Gasteiger partial charge in [0.25, 0.3) is 15.9 Å². The average molecular weight is 428 g/mol. The van der Waals surface area contributed by atoms with Gasteiger partial charge in [-0.3, -0.25) is 14.4 Å². The number of nitrogens with one attached hydrogen (secondary N) is 1. The number of hydrogen-bond donors (Lipinski definition) is 1. The van der Waals surface area contributed by atoms with E-state index in [0.29, 0.717) is 35.9 Å². The fourth-order valence-corrected chi connectivity index (χ4v) is 5.87. The van der Waals surface area contributed by atoms with Crippen LogP contribution in [0.2, 0.25) is 0 Å². The lowest BCUT2D eigenvalue weighted by Gasteiger charge is -2.24. The molecular formula is C23H29N3O3S. The van der Waals surface area contributed by atoms with Crippen LogP contribution in [0.25, 0.3) is 0 Å². The molecule has 0 spiro atoms. The predicted octanol–water partition coefficient (Wildman–Crippen LogP) is 3.41. The first-order valence-electron chi connectivity index (χ1n) is 10.6. The van der Waals surface area contributed by atoms with Crippen LogP contribution in [0.3, 0.4) is 0 Å². The molecule has 0 aliphatic carbocycles. The first kappa shape index (κ1) is 20.9.